The summed E-state index contributed by atoms with van der Waals surface area (Å²) >= 11 is 24.6. The summed E-state index contributed by atoms with van der Waals surface area (Å²) in [5.41, 5.74) is 0. The number of pyridine rings is 1. The van der Waals surface area contributed by atoms with Gasteiger partial charge in [-0.25, -0.2) is 4.98 Å². The Labute approximate surface area is 159 Å². The number of nitriles is 2. The first-order valence-electron chi connectivity index (χ1n) is 5.00. The molecule has 21 heavy (non-hydrogen) atoms. The standard InChI is InChI=1S/C10H6Cl3N3S5/c11-1-19-8-6(12)9(20-4-17-2-14)16-10(7(8)13)21-5-18-3-15/h1,4-5H2. The Bertz CT molecular complexity index is 528. The van der Waals surface area contributed by atoms with Crippen molar-refractivity contribution in [1.29, 1.82) is 10.5 Å². The van der Waals surface area contributed by atoms with E-state index in [2.05, 4.69) is 4.98 Å². The smallest absolute Gasteiger partial charge is 0.134 e. The minimum absolute atomic E-state index is 0.317. The summed E-state index contributed by atoms with van der Waals surface area (Å²) in [5, 5.41) is 24.6. The number of nitrogens with zero attached hydrogens (tertiary/aromatic N) is 3. The lowest BCUT2D eigenvalue weighted by atomic mass is 10.5. The Morgan fingerprint density at radius 2 is 1.38 bits per heavy atom. The summed E-state index contributed by atoms with van der Waals surface area (Å²) in [6, 6.07) is 0. The van der Waals surface area contributed by atoms with Crippen LogP contribution < -0.4 is 0 Å². The molecule has 1 aromatic rings. The van der Waals surface area contributed by atoms with Gasteiger partial charge in [-0.3, -0.25) is 0 Å². The molecule has 0 aliphatic carbocycles. The van der Waals surface area contributed by atoms with Crippen LogP contribution in [0.4, 0.5) is 0 Å². The summed E-state index contributed by atoms with van der Waals surface area (Å²) in [4.78, 5) is 5.10. The van der Waals surface area contributed by atoms with Crippen LogP contribution in [0.5, 0.6) is 0 Å². The highest BCUT2D eigenvalue weighted by molar-refractivity contribution is 8.18. The summed E-state index contributed by atoms with van der Waals surface area (Å²) in [7, 11) is 0. The molecule has 1 aromatic heterocycles. The molecule has 0 aliphatic rings. The minimum Gasteiger partial charge on any atom is -0.232 e. The molecule has 3 nitrogen and oxygen atoms in total. The topological polar surface area (TPSA) is 60.5 Å². The molecule has 0 unspecified atom stereocenters. The Balaban J connectivity index is 3.06. The van der Waals surface area contributed by atoms with Crippen LogP contribution in [0.1, 0.15) is 0 Å². The highest BCUT2D eigenvalue weighted by Gasteiger charge is 2.18. The van der Waals surface area contributed by atoms with Crippen LogP contribution in [0.15, 0.2) is 14.9 Å². The van der Waals surface area contributed by atoms with Gasteiger partial charge in [0.2, 0.25) is 0 Å². The minimum atomic E-state index is 0.317. The summed E-state index contributed by atoms with van der Waals surface area (Å²) < 4.78 is 0. The second-order valence-corrected chi connectivity index (χ2v) is 9.43. The first kappa shape index (κ1) is 19.8. The third-order valence-corrected chi connectivity index (χ3v) is 7.41. The Kier molecular flexibility index (Phi) is 10.7. The molecule has 0 bridgehead atoms. The monoisotopic (exact) mass is 433 g/mol. The third-order valence-electron chi connectivity index (χ3n) is 1.81. The van der Waals surface area contributed by atoms with Crippen molar-refractivity contribution in [3.63, 3.8) is 0 Å². The maximum atomic E-state index is 8.56. The molecule has 112 valence electrons. The van der Waals surface area contributed by atoms with Crippen LogP contribution in [0.25, 0.3) is 0 Å². The normalized spacial score (nSPS) is 10.1. The molecule has 0 radical (unpaired) electrons. The van der Waals surface area contributed by atoms with Crippen LogP contribution in [0, 0.1) is 21.3 Å². The number of hydrogen-bond donors (Lipinski definition) is 0. The highest BCUT2D eigenvalue weighted by Crippen LogP contribution is 2.44. The zero-order valence-electron chi connectivity index (χ0n) is 10.1. The van der Waals surface area contributed by atoms with E-state index >= 15 is 0 Å². The number of alkyl halides is 1. The number of rotatable bonds is 8. The van der Waals surface area contributed by atoms with E-state index in [0.29, 0.717) is 40.4 Å². The maximum absolute atomic E-state index is 8.56. The van der Waals surface area contributed by atoms with Crippen LogP contribution in [0.2, 0.25) is 10.0 Å². The molecule has 1 rings (SSSR count). The molecule has 0 aromatic carbocycles. The number of thiocyanates is 2. The molecule has 0 spiro atoms. The summed E-state index contributed by atoms with van der Waals surface area (Å²) in [5.74, 6) is 0. The predicted molar refractivity (Wildman–Crippen MR) is 98.7 cm³/mol. The van der Waals surface area contributed by atoms with Crippen molar-refractivity contribution in [3.8, 4) is 10.8 Å². The Morgan fingerprint density at radius 1 is 0.905 bits per heavy atom. The van der Waals surface area contributed by atoms with Gasteiger partial charge in [-0.05, 0) is 23.5 Å². The van der Waals surface area contributed by atoms with Gasteiger partial charge in [0.1, 0.15) is 20.9 Å². The summed E-state index contributed by atoms with van der Waals surface area (Å²) in [6.07, 6.45) is 0. The zero-order valence-corrected chi connectivity index (χ0v) is 16.5. The number of thioether (sulfide) groups is 5. The average molecular weight is 435 g/mol. The molecule has 0 atom stereocenters. The number of hydrogen-bond acceptors (Lipinski definition) is 8. The van der Waals surface area contributed by atoms with Gasteiger partial charge in [0, 0.05) is 0 Å². The van der Waals surface area contributed by atoms with E-state index < -0.39 is 0 Å². The van der Waals surface area contributed by atoms with Crippen molar-refractivity contribution >= 4 is 93.6 Å². The molecule has 11 heteroatoms. The first-order valence-corrected chi connectivity index (χ1v) is 11.2. The van der Waals surface area contributed by atoms with Crippen LogP contribution in [-0.2, 0) is 0 Å². The van der Waals surface area contributed by atoms with E-state index in [1.807, 2.05) is 10.8 Å². The van der Waals surface area contributed by atoms with Gasteiger partial charge in [0.25, 0.3) is 0 Å². The fourth-order valence-corrected chi connectivity index (χ4v) is 5.68. The maximum Gasteiger partial charge on any atom is 0.134 e. The van der Waals surface area contributed by atoms with E-state index in [0.717, 1.165) is 23.5 Å². The molecule has 0 amide bonds. The zero-order chi connectivity index (χ0) is 15.7. The van der Waals surface area contributed by atoms with Gasteiger partial charge in [-0.1, -0.05) is 46.7 Å². The van der Waals surface area contributed by atoms with Gasteiger partial charge < -0.3 is 0 Å². The molecular formula is C10H6Cl3N3S5. The number of halogens is 3. The fourth-order valence-electron chi connectivity index (χ4n) is 1.08. The second-order valence-electron chi connectivity index (χ2n) is 2.93. The molecule has 0 N–H and O–H groups in total. The largest absolute Gasteiger partial charge is 0.232 e. The van der Waals surface area contributed by atoms with Crippen molar-refractivity contribution in [3.05, 3.63) is 10.0 Å². The van der Waals surface area contributed by atoms with E-state index in [-0.39, 0.29) is 0 Å². The van der Waals surface area contributed by atoms with Crippen molar-refractivity contribution < 1.29 is 0 Å². The van der Waals surface area contributed by atoms with Crippen molar-refractivity contribution in [2.24, 2.45) is 0 Å². The lowest BCUT2D eigenvalue weighted by Gasteiger charge is -2.12. The molecule has 0 fully saturated rings. The first-order chi connectivity index (χ1) is 10.2. The molecule has 1 heterocycles. The van der Waals surface area contributed by atoms with Gasteiger partial charge in [-0.15, -0.1) is 23.4 Å². The van der Waals surface area contributed by atoms with Crippen LogP contribution in [-0.4, -0.2) is 20.4 Å². The lowest BCUT2D eigenvalue weighted by molar-refractivity contribution is 0.978. The van der Waals surface area contributed by atoms with Crippen molar-refractivity contribution in [2.45, 2.75) is 14.9 Å². The van der Waals surface area contributed by atoms with Crippen molar-refractivity contribution in [1.82, 2.24) is 4.98 Å². The van der Waals surface area contributed by atoms with E-state index in [1.54, 1.807) is 0 Å². The fraction of sp³-hybridized carbons (Fsp3) is 0.300. The summed E-state index contributed by atoms with van der Waals surface area (Å²) in [6.45, 7) is 0. The lowest BCUT2D eigenvalue weighted by Crippen LogP contribution is -1.92. The highest BCUT2D eigenvalue weighted by atomic mass is 35.5. The Morgan fingerprint density at radius 3 is 1.76 bits per heavy atom. The quantitative estimate of drug-likeness (QED) is 0.157. The molecule has 0 aliphatic heterocycles. The van der Waals surface area contributed by atoms with E-state index in [4.69, 9.17) is 45.3 Å². The number of aromatic nitrogens is 1. The van der Waals surface area contributed by atoms with Crippen molar-refractivity contribution in [2.75, 3.05) is 15.4 Å². The second kappa shape index (κ2) is 11.3. The average Bonchev–Trinajstić information content (AvgIpc) is 2.48. The molecule has 0 saturated carbocycles. The van der Waals surface area contributed by atoms with Gasteiger partial charge >= 0.3 is 0 Å². The van der Waals surface area contributed by atoms with E-state index in [1.165, 1.54) is 35.3 Å². The van der Waals surface area contributed by atoms with E-state index in [9.17, 15) is 0 Å². The molecular weight excluding hydrogens is 429 g/mol. The van der Waals surface area contributed by atoms with Crippen LogP contribution in [0.3, 0.4) is 0 Å². The van der Waals surface area contributed by atoms with Crippen LogP contribution >= 0.6 is 93.6 Å². The van der Waals surface area contributed by atoms with Gasteiger partial charge in [0.05, 0.1) is 30.3 Å². The Hall–Kier alpha value is 0.750. The van der Waals surface area contributed by atoms with Gasteiger partial charge in [0.15, 0.2) is 0 Å². The van der Waals surface area contributed by atoms with Gasteiger partial charge in [-0.2, -0.15) is 10.5 Å². The molecule has 0 saturated heterocycles. The third kappa shape index (κ3) is 6.40. The predicted octanol–water partition coefficient (Wildman–Crippen LogP) is 6.20. The SMILES string of the molecule is N#CSCSc1nc(SCSC#N)c(Cl)c(SCCl)c1Cl.